The molecule has 0 saturated carbocycles. The molecule has 0 radical (unpaired) electrons. The third-order valence-corrected chi connectivity index (χ3v) is 2.07. The average molecular weight is 191 g/mol. The molecule has 0 amide bonds. The summed E-state index contributed by atoms with van der Waals surface area (Å²) in [5.74, 6) is -0.184. The molecule has 0 aliphatic carbocycles. The number of aromatic hydroxyl groups is 2. The fourth-order valence-corrected chi connectivity index (χ4v) is 1.35. The van der Waals surface area contributed by atoms with Crippen molar-refractivity contribution in [2.24, 2.45) is 0 Å². The molecule has 2 aromatic rings. The van der Waals surface area contributed by atoms with Gasteiger partial charge in [0.2, 0.25) is 5.75 Å². The van der Waals surface area contributed by atoms with Gasteiger partial charge in [-0.2, -0.15) is 0 Å². The van der Waals surface area contributed by atoms with E-state index in [1.807, 2.05) is 0 Å². The maximum Gasteiger partial charge on any atom is 0.201 e. The van der Waals surface area contributed by atoms with Crippen LogP contribution in [-0.4, -0.2) is 22.3 Å². The van der Waals surface area contributed by atoms with Gasteiger partial charge in [-0.15, -0.1) is 0 Å². The first-order valence-electron chi connectivity index (χ1n) is 4.06. The summed E-state index contributed by atoms with van der Waals surface area (Å²) in [4.78, 5) is 3.91. The second-order valence-corrected chi connectivity index (χ2v) is 2.87. The van der Waals surface area contributed by atoms with Gasteiger partial charge in [-0.25, -0.2) is 0 Å². The zero-order valence-electron chi connectivity index (χ0n) is 7.56. The van der Waals surface area contributed by atoms with Gasteiger partial charge in [0.25, 0.3) is 0 Å². The van der Waals surface area contributed by atoms with Crippen LogP contribution >= 0.6 is 0 Å². The van der Waals surface area contributed by atoms with Crippen molar-refractivity contribution in [3.05, 3.63) is 24.5 Å². The summed E-state index contributed by atoms with van der Waals surface area (Å²) in [6.07, 6.45) is 3.14. The molecule has 0 bridgehead atoms. The van der Waals surface area contributed by atoms with Gasteiger partial charge in [0.05, 0.1) is 7.11 Å². The minimum Gasteiger partial charge on any atom is -0.504 e. The number of benzene rings is 1. The van der Waals surface area contributed by atoms with Gasteiger partial charge in [-0.1, -0.05) is 0 Å². The molecule has 0 fully saturated rings. The second-order valence-electron chi connectivity index (χ2n) is 2.87. The summed E-state index contributed by atoms with van der Waals surface area (Å²) in [6, 6.07) is 3.25. The van der Waals surface area contributed by atoms with E-state index in [2.05, 4.69) is 4.98 Å². The number of rotatable bonds is 1. The van der Waals surface area contributed by atoms with E-state index in [9.17, 15) is 10.2 Å². The van der Waals surface area contributed by atoms with Crippen LogP contribution in [0, 0.1) is 0 Å². The fraction of sp³-hybridized carbons (Fsp3) is 0.100. The number of hydrogen-bond donors (Lipinski definition) is 2. The van der Waals surface area contributed by atoms with Crippen LogP contribution in [-0.2, 0) is 0 Å². The first-order valence-corrected chi connectivity index (χ1v) is 4.06. The van der Waals surface area contributed by atoms with E-state index in [0.29, 0.717) is 5.39 Å². The third-order valence-electron chi connectivity index (χ3n) is 2.07. The molecule has 0 atom stereocenters. The van der Waals surface area contributed by atoms with Crippen molar-refractivity contribution in [1.82, 2.24) is 4.98 Å². The molecule has 1 heterocycles. The lowest BCUT2D eigenvalue weighted by molar-refractivity contribution is 0.353. The number of methoxy groups -OCH3 is 1. The summed E-state index contributed by atoms with van der Waals surface area (Å²) in [5, 5.41) is 20.4. The standard InChI is InChI=1S/C10H9NO3/c1-14-8-4-6-5-11-3-2-7(6)9(12)10(8)13/h2-5,12-13H,1H3. The second kappa shape index (κ2) is 3.06. The zero-order chi connectivity index (χ0) is 10.1. The number of phenols is 2. The van der Waals surface area contributed by atoms with E-state index in [1.165, 1.54) is 7.11 Å². The minimum atomic E-state index is -0.244. The van der Waals surface area contributed by atoms with E-state index in [0.717, 1.165) is 5.39 Å². The van der Waals surface area contributed by atoms with Crippen LogP contribution in [0.25, 0.3) is 10.8 Å². The van der Waals surface area contributed by atoms with Gasteiger partial charge >= 0.3 is 0 Å². The highest BCUT2D eigenvalue weighted by Gasteiger charge is 2.11. The first-order chi connectivity index (χ1) is 6.74. The smallest absolute Gasteiger partial charge is 0.201 e. The number of hydrogen-bond acceptors (Lipinski definition) is 4. The molecule has 72 valence electrons. The minimum absolute atomic E-state index is 0.179. The molecular formula is C10H9NO3. The lowest BCUT2D eigenvalue weighted by atomic mass is 10.1. The Morgan fingerprint density at radius 1 is 1.29 bits per heavy atom. The van der Waals surface area contributed by atoms with Gasteiger partial charge < -0.3 is 14.9 Å². The molecule has 0 aliphatic rings. The molecule has 2 rings (SSSR count). The summed E-state index contributed by atoms with van der Waals surface area (Å²) >= 11 is 0. The van der Waals surface area contributed by atoms with Gasteiger partial charge in [-0.3, -0.25) is 4.98 Å². The van der Waals surface area contributed by atoms with Gasteiger partial charge in [0.1, 0.15) is 0 Å². The summed E-state index contributed by atoms with van der Waals surface area (Å²) in [5.41, 5.74) is 0. The Hall–Kier alpha value is -1.97. The first kappa shape index (κ1) is 8.62. The highest BCUT2D eigenvalue weighted by Crippen LogP contribution is 2.40. The van der Waals surface area contributed by atoms with Crippen LogP contribution in [0.15, 0.2) is 24.5 Å². The molecule has 0 spiro atoms. The molecular weight excluding hydrogens is 182 g/mol. The number of ether oxygens (including phenoxy) is 1. The van der Waals surface area contributed by atoms with E-state index in [-0.39, 0.29) is 17.2 Å². The van der Waals surface area contributed by atoms with E-state index >= 15 is 0 Å². The molecule has 0 saturated heterocycles. The van der Waals surface area contributed by atoms with E-state index in [4.69, 9.17) is 4.74 Å². The van der Waals surface area contributed by atoms with Gasteiger partial charge in [-0.05, 0) is 12.1 Å². The van der Waals surface area contributed by atoms with Crippen LogP contribution in [0.2, 0.25) is 0 Å². The largest absolute Gasteiger partial charge is 0.504 e. The Labute approximate surface area is 80.4 Å². The molecule has 4 heteroatoms. The van der Waals surface area contributed by atoms with Crippen molar-refractivity contribution in [1.29, 1.82) is 0 Å². The monoisotopic (exact) mass is 191 g/mol. The number of pyridine rings is 1. The van der Waals surface area contributed by atoms with Crippen molar-refractivity contribution < 1.29 is 14.9 Å². The molecule has 1 aromatic carbocycles. The predicted octanol–water partition coefficient (Wildman–Crippen LogP) is 1.65. The molecule has 0 unspecified atom stereocenters. The van der Waals surface area contributed by atoms with E-state index in [1.54, 1.807) is 24.5 Å². The van der Waals surface area contributed by atoms with Crippen LogP contribution < -0.4 is 4.74 Å². The Kier molecular flexibility index (Phi) is 1.89. The number of fused-ring (bicyclic) bond motifs is 1. The number of aromatic nitrogens is 1. The quantitative estimate of drug-likeness (QED) is 0.673. The molecule has 4 nitrogen and oxygen atoms in total. The van der Waals surface area contributed by atoms with Gasteiger partial charge in [0, 0.05) is 23.2 Å². The Morgan fingerprint density at radius 3 is 2.79 bits per heavy atom. The molecule has 1 aromatic heterocycles. The van der Waals surface area contributed by atoms with E-state index < -0.39 is 0 Å². The third kappa shape index (κ3) is 1.12. The van der Waals surface area contributed by atoms with Crippen molar-refractivity contribution >= 4 is 10.8 Å². The zero-order valence-corrected chi connectivity index (χ0v) is 7.56. The van der Waals surface area contributed by atoms with Crippen molar-refractivity contribution in [3.63, 3.8) is 0 Å². The SMILES string of the molecule is COc1cc2cnccc2c(O)c1O. The topological polar surface area (TPSA) is 62.6 Å². The summed E-state index contributed by atoms with van der Waals surface area (Å²) in [6.45, 7) is 0. The fourth-order valence-electron chi connectivity index (χ4n) is 1.35. The van der Waals surface area contributed by atoms with Crippen LogP contribution in [0.1, 0.15) is 0 Å². The maximum atomic E-state index is 9.61. The Bertz CT molecular complexity index is 482. The lowest BCUT2D eigenvalue weighted by Gasteiger charge is -2.07. The predicted molar refractivity (Wildman–Crippen MR) is 51.6 cm³/mol. The highest BCUT2D eigenvalue weighted by atomic mass is 16.5. The number of phenolic OH excluding ortho intramolecular Hbond substituents is 2. The Morgan fingerprint density at radius 2 is 2.07 bits per heavy atom. The summed E-state index contributed by atoms with van der Waals surface area (Å²) < 4.78 is 4.90. The maximum absolute atomic E-state index is 9.61. The molecule has 2 N–H and O–H groups in total. The Balaban J connectivity index is 2.85. The molecule has 14 heavy (non-hydrogen) atoms. The van der Waals surface area contributed by atoms with Crippen molar-refractivity contribution in [2.45, 2.75) is 0 Å². The van der Waals surface area contributed by atoms with Gasteiger partial charge in [0.15, 0.2) is 11.5 Å². The normalized spacial score (nSPS) is 10.4. The summed E-state index contributed by atoms with van der Waals surface area (Å²) in [7, 11) is 1.43. The lowest BCUT2D eigenvalue weighted by Crippen LogP contribution is -1.85. The molecule has 0 aliphatic heterocycles. The number of nitrogens with zero attached hydrogens (tertiary/aromatic N) is 1. The van der Waals surface area contributed by atoms with Crippen LogP contribution in [0.4, 0.5) is 0 Å². The van der Waals surface area contributed by atoms with Crippen molar-refractivity contribution in [2.75, 3.05) is 7.11 Å². The highest BCUT2D eigenvalue weighted by molar-refractivity contribution is 5.91. The van der Waals surface area contributed by atoms with Crippen LogP contribution in [0.5, 0.6) is 17.2 Å². The average Bonchev–Trinajstić information content (AvgIpc) is 2.23. The van der Waals surface area contributed by atoms with Crippen molar-refractivity contribution in [3.8, 4) is 17.2 Å². The van der Waals surface area contributed by atoms with Crippen LogP contribution in [0.3, 0.4) is 0 Å².